The molecule has 1 aliphatic rings. The molecule has 1 amide bonds. The summed E-state index contributed by atoms with van der Waals surface area (Å²) in [5.74, 6) is 0.275. The fraction of sp³-hybridized carbons (Fsp3) is 0.350. The number of hydrogen-bond donors (Lipinski definition) is 2. The number of nitrogens with two attached hydrogens (primary N) is 1. The Kier molecular flexibility index (Phi) is 7.46. The van der Waals surface area contributed by atoms with E-state index in [0.717, 1.165) is 19.4 Å². The van der Waals surface area contributed by atoms with Crippen molar-refractivity contribution in [1.29, 1.82) is 0 Å². The molecule has 1 aliphatic heterocycles. The summed E-state index contributed by atoms with van der Waals surface area (Å²) in [5, 5.41) is 0. The van der Waals surface area contributed by atoms with Crippen LogP contribution in [0.4, 0.5) is 5.69 Å². The lowest BCUT2D eigenvalue weighted by molar-refractivity contribution is 0.0661. The van der Waals surface area contributed by atoms with Gasteiger partial charge in [-0.05, 0) is 62.1 Å². The average molecular weight is 424 g/mol. The molecule has 2 atom stereocenters. The Labute approximate surface area is 172 Å². The highest BCUT2D eigenvalue weighted by Crippen LogP contribution is 2.22. The Morgan fingerprint density at radius 3 is 2.39 bits per heavy atom. The molecule has 0 aliphatic carbocycles. The standard InChI is InChI=1S/C20H25N3O3S.ClH/c1-15(21)17-6-5-13-23(14-17)20(24)16-9-11-18(12-10-16)22-27(25,26)19-7-3-2-4-8-19;/h2-4,7-12,15,17,22H,5-6,13-14,21H2,1H3;1H. The summed E-state index contributed by atoms with van der Waals surface area (Å²) in [4.78, 5) is 14.8. The Balaban J connectivity index is 0.00000280. The molecule has 2 aromatic carbocycles. The fourth-order valence-electron chi connectivity index (χ4n) is 3.30. The Hall–Kier alpha value is -2.09. The molecular formula is C20H26ClN3O3S. The molecular weight excluding hydrogens is 398 g/mol. The maximum Gasteiger partial charge on any atom is 0.261 e. The predicted molar refractivity (Wildman–Crippen MR) is 113 cm³/mol. The molecule has 2 unspecified atom stereocenters. The number of hydrogen-bond acceptors (Lipinski definition) is 4. The van der Waals surface area contributed by atoms with Gasteiger partial charge in [0.2, 0.25) is 0 Å². The lowest BCUT2D eigenvalue weighted by Crippen LogP contribution is -2.45. The monoisotopic (exact) mass is 423 g/mol. The first-order valence-electron chi connectivity index (χ1n) is 9.09. The first-order chi connectivity index (χ1) is 12.9. The number of piperidine rings is 1. The van der Waals surface area contributed by atoms with Crippen molar-refractivity contribution in [3.63, 3.8) is 0 Å². The quantitative estimate of drug-likeness (QED) is 0.772. The van der Waals surface area contributed by atoms with Crippen LogP contribution >= 0.6 is 12.4 Å². The Morgan fingerprint density at radius 1 is 1.14 bits per heavy atom. The maximum absolute atomic E-state index is 12.7. The van der Waals surface area contributed by atoms with Crippen molar-refractivity contribution < 1.29 is 13.2 Å². The number of amides is 1. The zero-order chi connectivity index (χ0) is 19.4. The van der Waals surface area contributed by atoms with Gasteiger partial charge in [0.15, 0.2) is 0 Å². The van der Waals surface area contributed by atoms with E-state index in [2.05, 4.69) is 4.72 Å². The SMILES string of the molecule is CC(N)C1CCCN(C(=O)c2ccc(NS(=O)(=O)c3ccccc3)cc2)C1.Cl. The summed E-state index contributed by atoms with van der Waals surface area (Å²) < 4.78 is 27.3. The van der Waals surface area contributed by atoms with Gasteiger partial charge in [0.25, 0.3) is 15.9 Å². The topological polar surface area (TPSA) is 92.5 Å². The lowest BCUT2D eigenvalue weighted by atomic mass is 9.92. The molecule has 0 radical (unpaired) electrons. The maximum atomic E-state index is 12.7. The third kappa shape index (κ3) is 5.25. The van der Waals surface area contributed by atoms with E-state index in [1.807, 2.05) is 11.8 Å². The molecule has 3 N–H and O–H groups in total. The van der Waals surface area contributed by atoms with Crippen LogP contribution in [0.25, 0.3) is 0 Å². The van der Waals surface area contributed by atoms with Gasteiger partial charge in [0.05, 0.1) is 4.90 Å². The zero-order valence-electron chi connectivity index (χ0n) is 15.7. The minimum atomic E-state index is -3.64. The van der Waals surface area contributed by atoms with Crippen LogP contribution in [0, 0.1) is 5.92 Å². The smallest absolute Gasteiger partial charge is 0.261 e. The van der Waals surface area contributed by atoms with Crippen molar-refractivity contribution in [2.75, 3.05) is 17.8 Å². The van der Waals surface area contributed by atoms with E-state index in [4.69, 9.17) is 5.73 Å². The second-order valence-corrected chi connectivity index (χ2v) is 8.69. The van der Waals surface area contributed by atoms with Gasteiger partial charge in [-0.25, -0.2) is 8.42 Å². The molecule has 0 aromatic heterocycles. The minimum Gasteiger partial charge on any atom is -0.338 e. The number of nitrogens with one attached hydrogen (secondary N) is 1. The number of likely N-dealkylation sites (tertiary alicyclic amines) is 1. The first kappa shape index (κ1) is 22.2. The van der Waals surface area contributed by atoms with E-state index < -0.39 is 10.0 Å². The van der Waals surface area contributed by atoms with Gasteiger partial charge in [-0.15, -0.1) is 12.4 Å². The third-order valence-electron chi connectivity index (χ3n) is 4.93. The van der Waals surface area contributed by atoms with Crippen molar-refractivity contribution in [3.05, 3.63) is 60.2 Å². The number of rotatable bonds is 5. The highest BCUT2D eigenvalue weighted by Gasteiger charge is 2.26. The summed E-state index contributed by atoms with van der Waals surface area (Å²) in [6, 6.07) is 14.8. The summed E-state index contributed by atoms with van der Waals surface area (Å²) in [6.45, 7) is 3.37. The molecule has 0 saturated carbocycles. The highest BCUT2D eigenvalue weighted by atomic mass is 35.5. The highest BCUT2D eigenvalue weighted by molar-refractivity contribution is 7.92. The lowest BCUT2D eigenvalue weighted by Gasteiger charge is -2.34. The molecule has 28 heavy (non-hydrogen) atoms. The van der Waals surface area contributed by atoms with Crippen LogP contribution in [-0.2, 0) is 10.0 Å². The average Bonchev–Trinajstić information content (AvgIpc) is 2.68. The van der Waals surface area contributed by atoms with Crippen LogP contribution in [0.15, 0.2) is 59.5 Å². The number of nitrogens with zero attached hydrogens (tertiary/aromatic N) is 1. The van der Waals surface area contributed by atoms with Crippen LogP contribution in [0.3, 0.4) is 0 Å². The molecule has 1 fully saturated rings. The van der Waals surface area contributed by atoms with Gasteiger partial charge >= 0.3 is 0 Å². The van der Waals surface area contributed by atoms with Crippen LogP contribution in [0.5, 0.6) is 0 Å². The largest absolute Gasteiger partial charge is 0.338 e. The van der Waals surface area contributed by atoms with Gasteiger partial charge in [-0.3, -0.25) is 9.52 Å². The fourth-order valence-corrected chi connectivity index (χ4v) is 4.38. The van der Waals surface area contributed by atoms with Crippen molar-refractivity contribution in [2.45, 2.75) is 30.7 Å². The summed E-state index contributed by atoms with van der Waals surface area (Å²) in [6.07, 6.45) is 1.99. The summed E-state index contributed by atoms with van der Waals surface area (Å²) in [5.41, 5.74) is 6.96. The number of halogens is 1. The predicted octanol–water partition coefficient (Wildman–Crippen LogP) is 3.11. The van der Waals surface area contributed by atoms with Gasteiger partial charge in [-0.1, -0.05) is 18.2 Å². The van der Waals surface area contributed by atoms with Gasteiger partial charge < -0.3 is 10.6 Å². The summed E-state index contributed by atoms with van der Waals surface area (Å²) in [7, 11) is -3.64. The molecule has 2 aromatic rings. The van der Waals surface area contributed by atoms with E-state index in [0.29, 0.717) is 23.7 Å². The van der Waals surface area contributed by atoms with E-state index in [-0.39, 0.29) is 29.3 Å². The van der Waals surface area contributed by atoms with Crippen molar-refractivity contribution in [3.8, 4) is 0 Å². The third-order valence-corrected chi connectivity index (χ3v) is 6.32. The molecule has 8 heteroatoms. The second-order valence-electron chi connectivity index (χ2n) is 7.01. The van der Waals surface area contributed by atoms with E-state index in [1.54, 1.807) is 42.5 Å². The van der Waals surface area contributed by atoms with Crippen LogP contribution < -0.4 is 10.5 Å². The zero-order valence-corrected chi connectivity index (χ0v) is 17.4. The molecule has 152 valence electrons. The van der Waals surface area contributed by atoms with Gasteiger partial charge in [0.1, 0.15) is 0 Å². The van der Waals surface area contributed by atoms with Crippen LogP contribution in [0.2, 0.25) is 0 Å². The van der Waals surface area contributed by atoms with Crippen LogP contribution in [0.1, 0.15) is 30.1 Å². The van der Waals surface area contributed by atoms with Crippen molar-refractivity contribution in [2.24, 2.45) is 11.7 Å². The molecule has 0 bridgehead atoms. The summed E-state index contributed by atoms with van der Waals surface area (Å²) >= 11 is 0. The van der Waals surface area contributed by atoms with Gasteiger partial charge in [0, 0.05) is 30.4 Å². The van der Waals surface area contributed by atoms with Crippen molar-refractivity contribution in [1.82, 2.24) is 4.90 Å². The van der Waals surface area contributed by atoms with Crippen LogP contribution in [-0.4, -0.2) is 38.4 Å². The Morgan fingerprint density at radius 2 is 1.79 bits per heavy atom. The normalized spacial score (nSPS) is 18.1. The molecule has 1 heterocycles. The Bertz CT molecular complexity index is 887. The number of carbonyl (C=O) groups is 1. The number of carbonyl (C=O) groups excluding carboxylic acids is 1. The van der Waals surface area contributed by atoms with E-state index in [1.165, 1.54) is 12.1 Å². The first-order valence-corrected chi connectivity index (χ1v) is 10.6. The molecule has 6 nitrogen and oxygen atoms in total. The second kappa shape index (κ2) is 9.41. The number of anilines is 1. The molecule has 3 rings (SSSR count). The van der Waals surface area contributed by atoms with E-state index >= 15 is 0 Å². The minimum absolute atomic E-state index is 0. The van der Waals surface area contributed by atoms with Crippen molar-refractivity contribution >= 4 is 34.0 Å². The molecule has 0 spiro atoms. The van der Waals surface area contributed by atoms with Gasteiger partial charge in [-0.2, -0.15) is 0 Å². The number of sulfonamides is 1. The number of benzene rings is 2. The van der Waals surface area contributed by atoms with E-state index in [9.17, 15) is 13.2 Å². The molecule has 1 saturated heterocycles.